The molecule has 1 aliphatic heterocycles. The minimum Gasteiger partial charge on any atom is -0.207 e. The number of rotatable bonds is 4. The Bertz CT molecular complexity index is 1190. The largest absolute Gasteiger partial charge is 0.244 e. The van der Waals surface area contributed by atoms with Gasteiger partial charge in [0.1, 0.15) is 0 Å². The summed E-state index contributed by atoms with van der Waals surface area (Å²) in [5, 5.41) is 2.34. The quantitative estimate of drug-likeness (QED) is 0.395. The molecule has 1 aliphatic rings. The van der Waals surface area contributed by atoms with Gasteiger partial charge >= 0.3 is 0 Å². The molecule has 0 aliphatic carbocycles. The van der Waals surface area contributed by atoms with Gasteiger partial charge in [-0.05, 0) is 54.3 Å². The summed E-state index contributed by atoms with van der Waals surface area (Å²) >= 11 is 0. The maximum atomic E-state index is 13.8. The van der Waals surface area contributed by atoms with Gasteiger partial charge in [0.25, 0.3) is 0 Å². The third kappa shape index (κ3) is 3.45. The van der Waals surface area contributed by atoms with Gasteiger partial charge in [0.05, 0.1) is 19.0 Å². The lowest BCUT2D eigenvalue weighted by Crippen LogP contribution is -2.33. The Morgan fingerprint density at radius 2 is 1.41 bits per heavy atom. The third-order valence-corrected chi connectivity index (χ3v) is 10.6. The number of nitrogens with zero attached hydrogens (tertiary/aromatic N) is 1. The Balaban J connectivity index is 1.83. The maximum Gasteiger partial charge on any atom is 0.244 e. The van der Waals surface area contributed by atoms with E-state index in [9.17, 15) is 8.42 Å². The number of benzene rings is 3. The van der Waals surface area contributed by atoms with Crippen molar-refractivity contribution in [1.29, 1.82) is 0 Å². The lowest BCUT2D eigenvalue weighted by Gasteiger charge is -2.17. The second kappa shape index (κ2) is 6.79. The summed E-state index contributed by atoms with van der Waals surface area (Å²) in [6, 6.07) is 18.5. The molecule has 3 aromatic carbocycles. The molecule has 0 N–H and O–H groups in total. The molecule has 1 heterocycles. The van der Waals surface area contributed by atoms with Crippen molar-refractivity contribution in [2.24, 2.45) is 0 Å². The summed E-state index contributed by atoms with van der Waals surface area (Å²) in [6.45, 7) is 12.6. The highest BCUT2D eigenvalue weighted by atomic mass is 32.2. The summed E-state index contributed by atoms with van der Waals surface area (Å²) in [5.74, 6) is 0. The first-order chi connectivity index (χ1) is 13.5. The molecule has 0 amide bonds. The summed E-state index contributed by atoms with van der Waals surface area (Å²) < 4.78 is 29.4. The van der Waals surface area contributed by atoms with Crippen LogP contribution in [0.2, 0.25) is 19.6 Å². The highest BCUT2D eigenvalue weighted by Crippen LogP contribution is 2.52. The Labute approximate surface area is 175 Å². The Morgan fingerprint density at radius 1 is 0.828 bits per heavy atom. The summed E-state index contributed by atoms with van der Waals surface area (Å²) in [5.41, 5.74) is 3.94. The van der Waals surface area contributed by atoms with E-state index in [1.165, 1.54) is 5.39 Å². The summed E-state index contributed by atoms with van der Waals surface area (Å²) in [4.78, 5) is 0.481. The number of fused-ring (bicyclic) bond motifs is 1. The predicted molar refractivity (Wildman–Crippen MR) is 124 cm³/mol. The summed E-state index contributed by atoms with van der Waals surface area (Å²) in [7, 11) is -5.30. The molecule has 3 aromatic rings. The van der Waals surface area contributed by atoms with Crippen LogP contribution < -0.4 is 0 Å². The van der Waals surface area contributed by atoms with Gasteiger partial charge in [-0.25, -0.2) is 8.42 Å². The first kappa shape index (κ1) is 20.3. The second-order valence-electron chi connectivity index (χ2n) is 9.43. The zero-order valence-corrected chi connectivity index (χ0v) is 19.8. The molecule has 5 heteroatoms. The first-order valence-electron chi connectivity index (χ1n) is 10.1. The van der Waals surface area contributed by atoms with Gasteiger partial charge in [-0.3, -0.25) is 0 Å². The van der Waals surface area contributed by atoms with Crippen molar-refractivity contribution in [3.05, 3.63) is 76.9 Å². The molecule has 4 rings (SSSR count). The van der Waals surface area contributed by atoms with Crippen molar-refractivity contribution in [1.82, 2.24) is 4.31 Å². The van der Waals surface area contributed by atoms with E-state index in [-0.39, 0.29) is 11.7 Å². The van der Waals surface area contributed by atoms with E-state index in [1.54, 1.807) is 4.31 Å². The molecular weight excluding hydrogens is 394 g/mol. The van der Waals surface area contributed by atoms with Crippen molar-refractivity contribution in [3.63, 3.8) is 0 Å². The number of hydrogen-bond acceptors (Lipinski definition) is 2. The molecule has 1 saturated heterocycles. The Morgan fingerprint density at radius 3 is 2.00 bits per heavy atom. The second-order valence-corrected chi connectivity index (χ2v) is 16.5. The molecule has 29 heavy (non-hydrogen) atoms. The monoisotopic (exact) mass is 423 g/mol. The maximum absolute atomic E-state index is 13.8. The van der Waals surface area contributed by atoms with Crippen molar-refractivity contribution < 1.29 is 8.42 Å². The van der Waals surface area contributed by atoms with E-state index in [1.807, 2.05) is 45.0 Å². The predicted octanol–water partition coefficient (Wildman–Crippen LogP) is 5.76. The highest BCUT2D eigenvalue weighted by Gasteiger charge is 2.61. The smallest absolute Gasteiger partial charge is 0.207 e. The van der Waals surface area contributed by atoms with Crippen LogP contribution in [0.4, 0.5) is 0 Å². The van der Waals surface area contributed by atoms with E-state index >= 15 is 0 Å². The molecule has 3 nitrogen and oxygen atoms in total. The molecule has 0 bridgehead atoms. The van der Waals surface area contributed by atoms with Crippen LogP contribution in [0.1, 0.15) is 28.3 Å². The van der Waals surface area contributed by atoms with E-state index in [0.29, 0.717) is 4.90 Å². The highest BCUT2D eigenvalue weighted by molar-refractivity contribution is 7.89. The standard InChI is InChI=1S/C24H29NO2SSi/c1-16-13-17(2)23(18(3)14-16)28(26,27)25-22(24(25)29(4,5)6)21-12-11-19-9-7-8-10-20(19)15-21/h7-15,22,24H,1-6H3/t22-,24+,25?/m0/s1. The average molecular weight is 424 g/mol. The molecule has 0 radical (unpaired) electrons. The van der Waals surface area contributed by atoms with Crippen LogP contribution in [0.3, 0.4) is 0 Å². The summed E-state index contributed by atoms with van der Waals surface area (Å²) in [6.07, 6.45) is 0. The van der Waals surface area contributed by atoms with E-state index in [4.69, 9.17) is 0 Å². The molecule has 0 spiro atoms. The normalized spacial score (nSPS) is 22.1. The Hall–Kier alpha value is -1.95. The third-order valence-electron chi connectivity index (χ3n) is 5.90. The van der Waals surface area contributed by atoms with Crippen molar-refractivity contribution in [2.75, 3.05) is 0 Å². The number of hydrogen-bond donors (Lipinski definition) is 0. The SMILES string of the molecule is Cc1cc(C)c(S(=O)(=O)N2[C@H]([Si](C)(C)C)[C@@H]2c2ccc3ccccc3c2)c(C)c1. The van der Waals surface area contributed by atoms with Crippen LogP contribution in [-0.4, -0.2) is 26.5 Å². The fraction of sp³-hybridized carbons (Fsp3) is 0.333. The lowest BCUT2D eigenvalue weighted by molar-refractivity contribution is 0.550. The van der Waals surface area contributed by atoms with Crippen molar-refractivity contribution in [3.8, 4) is 0 Å². The van der Waals surface area contributed by atoms with Gasteiger partial charge in [-0.1, -0.05) is 73.7 Å². The van der Waals surface area contributed by atoms with Gasteiger partial charge in [0.2, 0.25) is 10.0 Å². The molecule has 1 fully saturated rings. The average Bonchev–Trinajstić information content (AvgIpc) is 3.37. The van der Waals surface area contributed by atoms with E-state index < -0.39 is 18.1 Å². The molecule has 0 aromatic heterocycles. The number of sulfonamides is 1. The van der Waals surface area contributed by atoms with Gasteiger partial charge in [0.15, 0.2) is 0 Å². The zero-order valence-electron chi connectivity index (χ0n) is 18.0. The van der Waals surface area contributed by atoms with Gasteiger partial charge in [-0.2, -0.15) is 4.31 Å². The minimum atomic E-state index is -3.56. The van der Waals surface area contributed by atoms with Crippen molar-refractivity contribution in [2.45, 2.75) is 57.0 Å². The van der Waals surface area contributed by atoms with Crippen LogP contribution in [-0.2, 0) is 10.0 Å². The zero-order chi connectivity index (χ0) is 21.1. The number of aryl methyl sites for hydroxylation is 3. The fourth-order valence-electron chi connectivity index (χ4n) is 4.77. The Kier molecular flexibility index (Phi) is 4.76. The fourth-order valence-corrected chi connectivity index (χ4v) is 10.4. The molecule has 3 atom stereocenters. The van der Waals surface area contributed by atoms with Gasteiger partial charge in [-0.15, -0.1) is 0 Å². The van der Waals surface area contributed by atoms with Crippen LogP contribution in [0.15, 0.2) is 59.5 Å². The van der Waals surface area contributed by atoms with Crippen LogP contribution in [0.5, 0.6) is 0 Å². The van der Waals surface area contributed by atoms with Crippen molar-refractivity contribution >= 4 is 28.9 Å². The van der Waals surface area contributed by atoms with Gasteiger partial charge < -0.3 is 0 Å². The van der Waals surface area contributed by atoms with Crippen LogP contribution in [0, 0.1) is 20.8 Å². The van der Waals surface area contributed by atoms with E-state index in [2.05, 4.69) is 50.0 Å². The van der Waals surface area contributed by atoms with E-state index in [0.717, 1.165) is 27.6 Å². The first-order valence-corrected chi connectivity index (χ1v) is 15.1. The van der Waals surface area contributed by atoms with Crippen LogP contribution in [0.25, 0.3) is 10.8 Å². The molecule has 0 saturated carbocycles. The molecular formula is C24H29NO2SSi. The molecule has 1 unspecified atom stereocenters. The topological polar surface area (TPSA) is 37.1 Å². The van der Waals surface area contributed by atoms with Gasteiger partial charge in [0, 0.05) is 5.67 Å². The molecule has 152 valence electrons. The minimum absolute atomic E-state index is 0.0728. The lowest BCUT2D eigenvalue weighted by atomic mass is 10.1. The van der Waals surface area contributed by atoms with Crippen LogP contribution >= 0.6 is 0 Å².